The lowest BCUT2D eigenvalue weighted by Gasteiger charge is -2.14. The number of hydrogen-bond donors (Lipinski definition) is 2. The highest BCUT2D eigenvalue weighted by Gasteiger charge is 2.28. The Morgan fingerprint density at radius 3 is 2.28 bits per heavy atom. The average Bonchev–Trinajstić information content (AvgIpc) is 3.11. The lowest BCUT2D eigenvalue weighted by Crippen LogP contribution is -2.26. The van der Waals surface area contributed by atoms with Crippen LogP contribution in [0.4, 0.5) is 4.79 Å². The molecule has 0 fully saturated rings. The van der Waals surface area contributed by atoms with Crippen LogP contribution < -0.4 is 10.5 Å². The maximum absolute atomic E-state index is 12.1. The van der Waals surface area contributed by atoms with E-state index in [2.05, 4.69) is 41.4 Å². The number of nitrogens with two attached hydrogens (primary N) is 1. The molecule has 0 aliphatic heterocycles. The molecule has 0 heterocycles. The molecule has 3 N–H and O–H groups in total. The summed E-state index contributed by atoms with van der Waals surface area (Å²) in [6, 6.07) is 22.4. The van der Waals surface area contributed by atoms with Crippen molar-refractivity contribution in [2.45, 2.75) is 17.2 Å². The monoisotopic (exact) mass is 446 g/mol. The largest absolute Gasteiger partial charge is 0.449 e. The van der Waals surface area contributed by atoms with Gasteiger partial charge >= 0.3 is 6.09 Å². The first kappa shape index (κ1) is 21.6. The first-order chi connectivity index (χ1) is 15.4. The third-order valence-corrected chi connectivity index (χ3v) is 6.17. The number of sulfonamides is 1. The van der Waals surface area contributed by atoms with Crippen molar-refractivity contribution in [2.75, 3.05) is 13.2 Å². The lowest BCUT2D eigenvalue weighted by molar-refractivity contribution is 0.143. The SMILES string of the molecule is NS(=O)(=O)c1cccc(C#CCCNC(=O)OCC2c3ccccc3-c3ccccc32)c1. The summed E-state index contributed by atoms with van der Waals surface area (Å²) in [5.74, 6) is 5.78. The predicted octanol–water partition coefficient (Wildman–Crippen LogP) is 3.61. The fraction of sp³-hybridized carbons (Fsp3) is 0.160. The molecule has 1 aliphatic carbocycles. The van der Waals surface area contributed by atoms with Gasteiger partial charge in [-0.15, -0.1) is 0 Å². The molecule has 1 aliphatic rings. The van der Waals surface area contributed by atoms with Crippen LogP contribution in [0.25, 0.3) is 11.1 Å². The molecular weight excluding hydrogens is 424 g/mol. The van der Waals surface area contributed by atoms with Gasteiger partial charge in [-0.05, 0) is 40.5 Å². The van der Waals surface area contributed by atoms with Gasteiger partial charge in [-0.25, -0.2) is 18.4 Å². The van der Waals surface area contributed by atoms with Crippen LogP contribution in [-0.2, 0) is 14.8 Å². The van der Waals surface area contributed by atoms with Gasteiger partial charge in [-0.3, -0.25) is 0 Å². The van der Waals surface area contributed by atoms with Crippen LogP contribution in [0.15, 0.2) is 77.7 Å². The number of carbonyl (C=O) groups excluding carboxylic acids is 1. The van der Waals surface area contributed by atoms with Crippen molar-refractivity contribution < 1.29 is 17.9 Å². The minimum atomic E-state index is -3.76. The van der Waals surface area contributed by atoms with Crippen LogP contribution in [0.5, 0.6) is 0 Å². The summed E-state index contributed by atoms with van der Waals surface area (Å²) in [5, 5.41) is 7.82. The number of nitrogens with one attached hydrogen (secondary N) is 1. The van der Waals surface area contributed by atoms with E-state index < -0.39 is 16.1 Å². The number of ether oxygens (including phenoxy) is 1. The van der Waals surface area contributed by atoms with Gasteiger partial charge in [0.05, 0.1) is 4.90 Å². The van der Waals surface area contributed by atoms with Gasteiger partial charge in [0.2, 0.25) is 10.0 Å². The van der Waals surface area contributed by atoms with Crippen molar-refractivity contribution in [1.82, 2.24) is 5.32 Å². The van der Waals surface area contributed by atoms with E-state index in [4.69, 9.17) is 9.88 Å². The number of benzene rings is 3. The Bertz CT molecular complexity index is 1280. The minimum absolute atomic E-state index is 0.0130. The van der Waals surface area contributed by atoms with Gasteiger partial charge in [0.1, 0.15) is 6.61 Å². The molecule has 1 amide bonds. The van der Waals surface area contributed by atoms with Crippen LogP contribution in [0.3, 0.4) is 0 Å². The van der Waals surface area contributed by atoms with Crippen molar-refractivity contribution in [1.29, 1.82) is 0 Å². The molecule has 0 aromatic heterocycles. The zero-order valence-corrected chi connectivity index (χ0v) is 18.1. The van der Waals surface area contributed by atoms with Crippen molar-refractivity contribution in [2.24, 2.45) is 5.14 Å². The van der Waals surface area contributed by atoms with Crippen LogP contribution in [0.2, 0.25) is 0 Å². The van der Waals surface area contributed by atoms with Crippen molar-refractivity contribution in [3.8, 4) is 23.0 Å². The number of hydrogen-bond acceptors (Lipinski definition) is 4. The van der Waals surface area contributed by atoms with E-state index in [0.717, 1.165) is 11.1 Å². The maximum atomic E-state index is 12.1. The molecular formula is C25H22N2O4S. The van der Waals surface area contributed by atoms with Gasteiger partial charge in [0.25, 0.3) is 0 Å². The number of fused-ring (bicyclic) bond motifs is 3. The Morgan fingerprint density at radius 1 is 0.969 bits per heavy atom. The predicted molar refractivity (Wildman–Crippen MR) is 122 cm³/mol. The fourth-order valence-corrected chi connectivity index (χ4v) is 4.35. The highest BCUT2D eigenvalue weighted by molar-refractivity contribution is 7.89. The molecule has 162 valence electrons. The molecule has 0 atom stereocenters. The molecule has 0 spiro atoms. The van der Waals surface area contributed by atoms with Gasteiger partial charge in [-0.1, -0.05) is 66.4 Å². The fourth-order valence-electron chi connectivity index (χ4n) is 3.79. The molecule has 0 radical (unpaired) electrons. The quantitative estimate of drug-likeness (QED) is 0.462. The average molecular weight is 447 g/mol. The minimum Gasteiger partial charge on any atom is -0.449 e. The molecule has 3 aromatic carbocycles. The standard InChI is InChI=1S/C25H22N2O4S/c26-32(29,30)19-10-7-9-18(16-19)8-5-6-15-27-25(28)31-17-24-22-13-3-1-11-20(22)21-12-2-4-14-23(21)24/h1-4,7,9-14,16,24H,6,15,17H2,(H,27,28)(H2,26,29,30). The van der Waals surface area contributed by atoms with E-state index in [1.807, 2.05) is 24.3 Å². The zero-order valence-electron chi connectivity index (χ0n) is 17.2. The lowest BCUT2D eigenvalue weighted by atomic mass is 9.98. The van der Waals surface area contributed by atoms with Crippen molar-refractivity contribution in [3.63, 3.8) is 0 Å². The highest BCUT2D eigenvalue weighted by Crippen LogP contribution is 2.44. The zero-order chi connectivity index (χ0) is 22.6. The van der Waals surface area contributed by atoms with E-state index in [9.17, 15) is 13.2 Å². The normalized spacial score (nSPS) is 12.3. The molecule has 4 rings (SSSR count). The van der Waals surface area contributed by atoms with E-state index in [0.29, 0.717) is 18.5 Å². The number of rotatable bonds is 5. The Kier molecular flexibility index (Phi) is 6.26. The topological polar surface area (TPSA) is 98.5 Å². The maximum Gasteiger partial charge on any atom is 0.407 e. The molecule has 0 bridgehead atoms. The van der Waals surface area contributed by atoms with E-state index in [1.165, 1.54) is 23.3 Å². The molecule has 0 saturated carbocycles. The third-order valence-electron chi connectivity index (χ3n) is 5.26. The van der Waals surface area contributed by atoms with Crippen LogP contribution in [0, 0.1) is 11.8 Å². The molecule has 0 unspecified atom stereocenters. The van der Waals surface area contributed by atoms with Gasteiger partial charge in [-0.2, -0.15) is 0 Å². The van der Waals surface area contributed by atoms with E-state index >= 15 is 0 Å². The smallest absolute Gasteiger partial charge is 0.407 e. The first-order valence-corrected chi connectivity index (χ1v) is 11.7. The summed E-state index contributed by atoms with van der Waals surface area (Å²) < 4.78 is 28.3. The summed E-state index contributed by atoms with van der Waals surface area (Å²) >= 11 is 0. The Hall–Kier alpha value is -3.60. The molecule has 32 heavy (non-hydrogen) atoms. The first-order valence-electron chi connectivity index (χ1n) is 10.1. The second-order valence-corrected chi connectivity index (χ2v) is 8.94. The molecule has 6 nitrogen and oxygen atoms in total. The molecule has 0 saturated heterocycles. The second kappa shape index (κ2) is 9.27. The second-order valence-electron chi connectivity index (χ2n) is 7.38. The summed E-state index contributed by atoms with van der Waals surface area (Å²) in [6.07, 6.45) is -0.103. The number of alkyl carbamates (subject to hydrolysis) is 1. The van der Waals surface area contributed by atoms with Gasteiger partial charge in [0.15, 0.2) is 0 Å². The Balaban J connectivity index is 1.29. The van der Waals surface area contributed by atoms with Crippen LogP contribution in [-0.4, -0.2) is 27.7 Å². The van der Waals surface area contributed by atoms with Gasteiger partial charge < -0.3 is 10.1 Å². The van der Waals surface area contributed by atoms with Crippen molar-refractivity contribution >= 4 is 16.1 Å². The van der Waals surface area contributed by atoms with Crippen LogP contribution in [0.1, 0.15) is 29.0 Å². The molecule has 7 heteroatoms. The summed E-state index contributed by atoms with van der Waals surface area (Å²) in [5.41, 5.74) is 5.22. The Morgan fingerprint density at radius 2 is 1.62 bits per heavy atom. The molecule has 3 aromatic rings. The van der Waals surface area contributed by atoms with Crippen molar-refractivity contribution in [3.05, 3.63) is 89.5 Å². The third kappa shape index (κ3) is 4.83. The number of primary sulfonamides is 1. The van der Waals surface area contributed by atoms with Gasteiger partial charge in [0, 0.05) is 24.4 Å². The summed E-state index contributed by atoms with van der Waals surface area (Å²) in [4.78, 5) is 12.2. The van der Waals surface area contributed by atoms with E-state index in [1.54, 1.807) is 12.1 Å². The number of amides is 1. The summed E-state index contributed by atoms with van der Waals surface area (Å²) in [6.45, 7) is 0.574. The van der Waals surface area contributed by atoms with E-state index in [-0.39, 0.29) is 17.4 Å². The van der Waals surface area contributed by atoms with Crippen LogP contribution >= 0.6 is 0 Å². The Labute approximate surface area is 187 Å². The number of carbonyl (C=O) groups is 1. The highest BCUT2D eigenvalue weighted by atomic mass is 32.2. The summed E-state index contributed by atoms with van der Waals surface area (Å²) in [7, 11) is -3.76.